The number of fused-ring (bicyclic) bond motifs is 4. The van der Waals surface area contributed by atoms with Crippen LogP contribution in [0, 0.1) is 0 Å². The van der Waals surface area contributed by atoms with Crippen LogP contribution in [-0.4, -0.2) is 6.71 Å². The fraction of sp³-hybridized carbons (Fsp3) is 0.0571. The zero-order valence-electron chi connectivity index (χ0n) is 41.0. The van der Waals surface area contributed by atoms with Gasteiger partial charge >= 0.3 is 0 Å². The van der Waals surface area contributed by atoms with Gasteiger partial charge in [-0.05, 0) is 104 Å². The molecule has 0 saturated heterocycles. The largest absolute Gasteiger partial charge is 0.310 e. The molecular formula is C70H53BN2. The van der Waals surface area contributed by atoms with E-state index >= 15 is 0 Å². The van der Waals surface area contributed by atoms with Crippen molar-refractivity contribution in [2.45, 2.75) is 26.2 Å². The van der Waals surface area contributed by atoms with E-state index in [0.29, 0.717) is 0 Å². The number of para-hydroxylation sites is 2. The number of nitrogens with zero attached hydrogens (tertiary/aromatic N) is 2. The lowest BCUT2D eigenvalue weighted by Crippen LogP contribution is -2.61. The van der Waals surface area contributed by atoms with Crippen LogP contribution < -0.4 is 26.2 Å². The summed E-state index contributed by atoms with van der Waals surface area (Å²) in [6.07, 6.45) is 3.14. The zero-order chi connectivity index (χ0) is 48.7. The predicted octanol–water partition coefficient (Wildman–Crippen LogP) is 17.1. The van der Waals surface area contributed by atoms with E-state index in [1.807, 2.05) is 0 Å². The molecule has 0 unspecified atom stereocenters. The van der Waals surface area contributed by atoms with Crippen LogP contribution in [0.2, 0.25) is 0 Å². The molecule has 0 aromatic heterocycles. The van der Waals surface area contributed by atoms with Gasteiger partial charge in [-0.2, -0.15) is 0 Å². The molecule has 0 N–H and O–H groups in total. The van der Waals surface area contributed by atoms with Gasteiger partial charge < -0.3 is 9.80 Å². The van der Waals surface area contributed by atoms with E-state index < -0.39 is 0 Å². The maximum atomic E-state index is 2.66. The molecule has 0 atom stereocenters. The third-order valence-electron chi connectivity index (χ3n) is 15.0. The smallest absolute Gasteiger partial charge is 0.252 e. The molecule has 0 saturated carbocycles. The van der Waals surface area contributed by atoms with E-state index in [1.54, 1.807) is 0 Å². The maximum Gasteiger partial charge on any atom is 0.252 e. The predicted molar refractivity (Wildman–Crippen MR) is 312 cm³/mol. The Morgan fingerprint density at radius 2 is 0.630 bits per heavy atom. The molecule has 0 spiro atoms. The average molecular weight is 933 g/mol. The second-order valence-corrected chi connectivity index (χ2v) is 19.4. The highest BCUT2D eigenvalue weighted by molar-refractivity contribution is 7.00. The summed E-state index contributed by atoms with van der Waals surface area (Å²) in [7, 11) is 0. The Hall–Kier alpha value is -8.92. The van der Waals surface area contributed by atoms with Crippen LogP contribution in [-0.2, 0) is 6.42 Å². The molecule has 11 aromatic carbocycles. The van der Waals surface area contributed by atoms with Crippen LogP contribution >= 0.6 is 0 Å². The van der Waals surface area contributed by atoms with Crippen molar-refractivity contribution in [3.05, 3.63) is 272 Å². The fourth-order valence-corrected chi connectivity index (χ4v) is 11.7. The summed E-state index contributed by atoms with van der Waals surface area (Å²) in [5.74, 6) is 0. The van der Waals surface area contributed by atoms with E-state index in [1.165, 1.54) is 123 Å². The maximum absolute atomic E-state index is 2.66. The molecule has 0 fully saturated rings. The molecular weight excluding hydrogens is 880 g/mol. The molecule has 0 aliphatic carbocycles. The molecule has 2 aliphatic rings. The van der Waals surface area contributed by atoms with Gasteiger partial charge in [-0.1, -0.05) is 256 Å². The Kier molecular flexibility index (Phi) is 11.5. The third kappa shape index (κ3) is 7.86. The van der Waals surface area contributed by atoms with Crippen molar-refractivity contribution >= 4 is 57.2 Å². The Bertz CT molecular complexity index is 3410. The van der Waals surface area contributed by atoms with Crippen molar-refractivity contribution in [1.82, 2.24) is 0 Å². The van der Waals surface area contributed by atoms with Gasteiger partial charge in [0.1, 0.15) is 0 Å². The first-order valence-electron chi connectivity index (χ1n) is 25.9. The SMILES string of the molecule is CCCCc1cc2c3c(c1)N(c1c(-c4ccccc4)cccc1-c1ccccc1)c1ccc(-c4ccccc4)cc1B3c1cc(-c3ccccc3)ccc1N2c1c(-c2ccccc2)cccc1-c1ccccc1. The van der Waals surface area contributed by atoms with Gasteiger partial charge in [0, 0.05) is 45.0 Å². The highest BCUT2D eigenvalue weighted by Crippen LogP contribution is 2.53. The van der Waals surface area contributed by atoms with Gasteiger partial charge in [0.15, 0.2) is 0 Å². The first-order chi connectivity index (χ1) is 36.2. The number of aryl methyl sites for hydroxylation is 1. The molecule has 0 bridgehead atoms. The van der Waals surface area contributed by atoms with Crippen LogP contribution in [0.1, 0.15) is 25.3 Å². The molecule has 2 aliphatic heterocycles. The first kappa shape index (κ1) is 44.1. The normalized spacial score (nSPS) is 12.3. The number of benzene rings is 11. The number of rotatable bonds is 11. The molecule has 0 radical (unpaired) electrons. The summed E-state index contributed by atoms with van der Waals surface area (Å²) in [6, 6.07) is 99.2. The van der Waals surface area contributed by atoms with Gasteiger partial charge in [0.05, 0.1) is 11.4 Å². The van der Waals surface area contributed by atoms with Crippen LogP contribution in [0.4, 0.5) is 34.1 Å². The van der Waals surface area contributed by atoms with Gasteiger partial charge in [-0.3, -0.25) is 0 Å². The van der Waals surface area contributed by atoms with E-state index in [4.69, 9.17) is 0 Å². The second kappa shape index (κ2) is 19.0. The van der Waals surface area contributed by atoms with E-state index in [9.17, 15) is 0 Å². The topological polar surface area (TPSA) is 6.48 Å². The van der Waals surface area contributed by atoms with Crippen molar-refractivity contribution in [3.8, 4) is 66.8 Å². The number of anilines is 6. The van der Waals surface area contributed by atoms with Crippen LogP contribution in [0.15, 0.2) is 267 Å². The van der Waals surface area contributed by atoms with Crippen LogP contribution in [0.3, 0.4) is 0 Å². The molecule has 3 heteroatoms. The fourth-order valence-electron chi connectivity index (χ4n) is 11.7. The number of hydrogen-bond donors (Lipinski definition) is 0. The van der Waals surface area contributed by atoms with Crippen molar-refractivity contribution in [2.75, 3.05) is 9.80 Å². The average Bonchev–Trinajstić information content (AvgIpc) is 3.48. The number of unbranched alkanes of at least 4 members (excludes halogenated alkanes) is 1. The van der Waals surface area contributed by atoms with E-state index in [0.717, 1.165) is 19.3 Å². The van der Waals surface area contributed by atoms with E-state index in [-0.39, 0.29) is 6.71 Å². The van der Waals surface area contributed by atoms with Crippen molar-refractivity contribution in [2.24, 2.45) is 0 Å². The minimum absolute atomic E-state index is 0.108. The summed E-state index contributed by atoms with van der Waals surface area (Å²) in [5, 5.41) is 0. The lowest BCUT2D eigenvalue weighted by atomic mass is 9.33. The molecule has 346 valence electrons. The lowest BCUT2D eigenvalue weighted by Gasteiger charge is -2.46. The Balaban J connectivity index is 1.20. The van der Waals surface area contributed by atoms with Crippen molar-refractivity contribution in [1.29, 1.82) is 0 Å². The Morgan fingerprint density at radius 1 is 0.301 bits per heavy atom. The first-order valence-corrected chi connectivity index (χ1v) is 25.9. The Morgan fingerprint density at radius 3 is 0.959 bits per heavy atom. The molecule has 13 rings (SSSR count). The molecule has 2 nitrogen and oxygen atoms in total. The lowest BCUT2D eigenvalue weighted by molar-refractivity contribution is 0.795. The minimum Gasteiger partial charge on any atom is -0.310 e. The van der Waals surface area contributed by atoms with Gasteiger partial charge in [0.25, 0.3) is 6.71 Å². The Labute approximate surface area is 430 Å². The van der Waals surface area contributed by atoms with E-state index in [2.05, 4.69) is 284 Å². The van der Waals surface area contributed by atoms with Gasteiger partial charge in [-0.15, -0.1) is 0 Å². The highest BCUT2D eigenvalue weighted by Gasteiger charge is 2.45. The molecule has 2 heterocycles. The standard InChI is InChI=1S/C70H53BN2/c1-2-3-24-49-45-66-68-67(46-49)73(70-60(54-33-18-8-19-34-54)39-23-40-61(70)55-35-20-9-21-36-55)65-44-42-57(51-27-12-5-13-28-51)48-63(65)71(68)62-47-56(50-25-10-4-11-26-50)41-43-64(62)72(66)69-58(52-29-14-6-15-30-52)37-22-38-59(69)53-31-16-7-17-32-53/h4-23,25-48H,2-3,24H2,1H3. The quantitative estimate of drug-likeness (QED) is 0.119. The minimum atomic E-state index is -0.108. The number of hydrogen-bond acceptors (Lipinski definition) is 2. The summed E-state index contributed by atoms with van der Waals surface area (Å²) in [4.78, 5) is 5.32. The molecule has 73 heavy (non-hydrogen) atoms. The summed E-state index contributed by atoms with van der Waals surface area (Å²) in [6.45, 7) is 2.20. The molecule has 11 aromatic rings. The third-order valence-corrected chi connectivity index (χ3v) is 15.0. The highest BCUT2D eigenvalue weighted by atomic mass is 15.2. The van der Waals surface area contributed by atoms with Crippen molar-refractivity contribution in [3.63, 3.8) is 0 Å². The monoisotopic (exact) mass is 932 g/mol. The van der Waals surface area contributed by atoms with Crippen LogP contribution in [0.5, 0.6) is 0 Å². The molecule has 0 amide bonds. The summed E-state index contributed by atoms with van der Waals surface area (Å²) in [5.41, 5.74) is 26.6. The zero-order valence-corrected chi connectivity index (χ0v) is 41.0. The van der Waals surface area contributed by atoms with Gasteiger partial charge in [0.2, 0.25) is 0 Å². The van der Waals surface area contributed by atoms with Gasteiger partial charge in [-0.25, -0.2) is 0 Å². The van der Waals surface area contributed by atoms with Crippen molar-refractivity contribution < 1.29 is 0 Å². The van der Waals surface area contributed by atoms with Crippen LogP contribution in [0.25, 0.3) is 66.8 Å². The summed E-state index contributed by atoms with van der Waals surface area (Å²) >= 11 is 0. The summed E-state index contributed by atoms with van der Waals surface area (Å²) < 4.78 is 0. The second-order valence-electron chi connectivity index (χ2n) is 19.4.